The maximum atomic E-state index is 11.2. The topological polar surface area (TPSA) is 34.1 Å². The Morgan fingerprint density at radius 1 is 0.500 bits per heavy atom. The van der Waals surface area contributed by atoms with Crippen LogP contribution in [0.3, 0.4) is 0 Å². The van der Waals surface area contributed by atoms with Crippen molar-refractivity contribution in [2.45, 2.75) is 129 Å². The van der Waals surface area contributed by atoms with Crippen LogP contribution in [0.5, 0.6) is 0 Å². The maximum absolute atomic E-state index is 11.2. The van der Waals surface area contributed by atoms with E-state index in [2.05, 4.69) is 6.92 Å². The maximum Gasteiger partial charge on any atom is 0.198 e. The van der Waals surface area contributed by atoms with Gasteiger partial charge in [0.25, 0.3) is 0 Å². The SMILES string of the molecule is CCCCCCCCCCCCCCCCCCCC(=O)C(C)=O. The molecule has 0 radical (unpaired) electrons. The van der Waals surface area contributed by atoms with Crippen molar-refractivity contribution in [3.05, 3.63) is 0 Å². The van der Waals surface area contributed by atoms with E-state index >= 15 is 0 Å². The number of rotatable bonds is 19. The average Bonchev–Trinajstić information content (AvgIpc) is 2.57. The van der Waals surface area contributed by atoms with E-state index in [4.69, 9.17) is 0 Å². The van der Waals surface area contributed by atoms with Crippen molar-refractivity contribution in [1.82, 2.24) is 0 Å². The quantitative estimate of drug-likeness (QED) is 0.184. The van der Waals surface area contributed by atoms with Gasteiger partial charge in [-0.15, -0.1) is 0 Å². The minimum absolute atomic E-state index is 0.198. The molecule has 0 atom stereocenters. The van der Waals surface area contributed by atoms with Crippen molar-refractivity contribution < 1.29 is 9.59 Å². The van der Waals surface area contributed by atoms with Gasteiger partial charge in [0, 0.05) is 13.3 Å². The molecule has 0 amide bonds. The van der Waals surface area contributed by atoms with Crippen LogP contribution in [0.15, 0.2) is 0 Å². The van der Waals surface area contributed by atoms with Crippen LogP contribution in [0, 0.1) is 0 Å². The van der Waals surface area contributed by atoms with Gasteiger partial charge in [0.1, 0.15) is 0 Å². The van der Waals surface area contributed by atoms with Crippen LogP contribution in [0.2, 0.25) is 0 Å². The van der Waals surface area contributed by atoms with Gasteiger partial charge in [-0.25, -0.2) is 0 Å². The molecule has 0 fully saturated rings. The number of hydrogen-bond donors (Lipinski definition) is 0. The predicted octanol–water partition coefficient (Wildman–Crippen LogP) is 7.19. The molecule has 0 spiro atoms. The molecule has 0 aliphatic carbocycles. The van der Waals surface area contributed by atoms with E-state index in [1.54, 1.807) is 0 Å². The van der Waals surface area contributed by atoms with Crippen molar-refractivity contribution >= 4 is 11.6 Å². The van der Waals surface area contributed by atoms with Gasteiger partial charge in [0.15, 0.2) is 11.6 Å². The van der Waals surface area contributed by atoms with E-state index in [-0.39, 0.29) is 11.6 Å². The first-order valence-corrected chi connectivity index (χ1v) is 10.7. The van der Waals surface area contributed by atoms with Crippen LogP contribution in [0.25, 0.3) is 0 Å². The van der Waals surface area contributed by atoms with Crippen LogP contribution in [-0.2, 0) is 9.59 Å². The van der Waals surface area contributed by atoms with Gasteiger partial charge in [0.05, 0.1) is 0 Å². The van der Waals surface area contributed by atoms with Gasteiger partial charge in [0.2, 0.25) is 0 Å². The first-order chi connectivity index (χ1) is 11.7. The van der Waals surface area contributed by atoms with E-state index in [1.807, 2.05) is 0 Å². The standard InChI is InChI=1S/C22H42O2/c1-3-4-5-6-7-8-9-10-11-12-13-14-15-16-17-18-19-20-22(24)21(2)23/h3-20H2,1-2H3. The van der Waals surface area contributed by atoms with Crippen molar-refractivity contribution in [1.29, 1.82) is 0 Å². The Balaban J connectivity index is 3.05. The highest BCUT2D eigenvalue weighted by Crippen LogP contribution is 2.14. The summed E-state index contributed by atoms with van der Waals surface area (Å²) in [6, 6.07) is 0. The molecule has 0 aromatic rings. The van der Waals surface area contributed by atoms with E-state index in [9.17, 15) is 9.59 Å². The summed E-state index contributed by atoms with van der Waals surface area (Å²) < 4.78 is 0. The van der Waals surface area contributed by atoms with Gasteiger partial charge in [-0.3, -0.25) is 9.59 Å². The normalized spacial score (nSPS) is 10.9. The van der Waals surface area contributed by atoms with E-state index < -0.39 is 0 Å². The molecule has 0 aliphatic heterocycles. The monoisotopic (exact) mass is 338 g/mol. The van der Waals surface area contributed by atoms with Crippen LogP contribution < -0.4 is 0 Å². The number of Topliss-reactive ketones (excluding diaryl/α,β-unsaturated/α-hetero) is 2. The highest BCUT2D eigenvalue weighted by molar-refractivity contribution is 6.36. The lowest BCUT2D eigenvalue weighted by Crippen LogP contribution is -2.08. The summed E-state index contributed by atoms with van der Waals surface area (Å²) in [6.45, 7) is 3.65. The Kier molecular flexibility index (Phi) is 18.2. The smallest absolute Gasteiger partial charge is 0.198 e. The van der Waals surface area contributed by atoms with E-state index in [0.29, 0.717) is 6.42 Å². The fourth-order valence-corrected chi connectivity index (χ4v) is 3.19. The minimum atomic E-state index is -0.286. The van der Waals surface area contributed by atoms with Crippen LogP contribution in [-0.4, -0.2) is 11.6 Å². The second-order valence-corrected chi connectivity index (χ2v) is 7.39. The summed E-state index contributed by atoms with van der Waals surface area (Å²) in [6.07, 6.45) is 23.2. The first kappa shape index (κ1) is 23.3. The van der Waals surface area contributed by atoms with Gasteiger partial charge in [-0.2, -0.15) is 0 Å². The zero-order chi connectivity index (χ0) is 17.9. The highest BCUT2D eigenvalue weighted by Gasteiger charge is 2.06. The molecule has 2 heteroatoms. The van der Waals surface area contributed by atoms with Crippen LogP contribution in [0.4, 0.5) is 0 Å². The summed E-state index contributed by atoms with van der Waals surface area (Å²) in [5.41, 5.74) is 0. The summed E-state index contributed by atoms with van der Waals surface area (Å²) >= 11 is 0. The highest BCUT2D eigenvalue weighted by atomic mass is 16.2. The predicted molar refractivity (Wildman–Crippen MR) is 104 cm³/mol. The fraction of sp³-hybridized carbons (Fsp3) is 0.909. The minimum Gasteiger partial charge on any atom is -0.291 e. The van der Waals surface area contributed by atoms with Crippen molar-refractivity contribution in [3.63, 3.8) is 0 Å². The van der Waals surface area contributed by atoms with Crippen LogP contribution in [0.1, 0.15) is 129 Å². The molecule has 0 rings (SSSR count). The Morgan fingerprint density at radius 3 is 1.08 bits per heavy atom. The van der Waals surface area contributed by atoms with Gasteiger partial charge in [-0.1, -0.05) is 110 Å². The number of carbonyl (C=O) groups excluding carboxylic acids is 2. The van der Waals surface area contributed by atoms with Crippen molar-refractivity contribution in [3.8, 4) is 0 Å². The Hall–Kier alpha value is -0.660. The number of hydrogen-bond acceptors (Lipinski definition) is 2. The third-order valence-electron chi connectivity index (χ3n) is 4.90. The number of carbonyl (C=O) groups is 2. The largest absolute Gasteiger partial charge is 0.291 e. The van der Waals surface area contributed by atoms with Crippen molar-refractivity contribution in [2.75, 3.05) is 0 Å². The second kappa shape index (κ2) is 18.7. The zero-order valence-electron chi connectivity index (χ0n) is 16.5. The summed E-state index contributed by atoms with van der Waals surface area (Å²) in [5, 5.41) is 0. The average molecular weight is 339 g/mol. The summed E-state index contributed by atoms with van der Waals surface area (Å²) in [4.78, 5) is 22.0. The molecule has 0 unspecified atom stereocenters. The number of ketones is 2. The van der Waals surface area contributed by atoms with Gasteiger partial charge in [-0.05, 0) is 6.42 Å². The molecule has 0 N–H and O–H groups in total. The zero-order valence-corrected chi connectivity index (χ0v) is 16.5. The number of unbranched alkanes of at least 4 members (excludes halogenated alkanes) is 16. The summed E-state index contributed by atoms with van der Waals surface area (Å²) in [5.74, 6) is -0.484. The third-order valence-corrected chi connectivity index (χ3v) is 4.90. The molecular formula is C22H42O2. The van der Waals surface area contributed by atoms with Gasteiger partial charge >= 0.3 is 0 Å². The molecule has 2 nitrogen and oxygen atoms in total. The Bertz CT molecular complexity index is 296. The second-order valence-electron chi connectivity index (χ2n) is 7.39. The van der Waals surface area contributed by atoms with E-state index in [1.165, 1.54) is 103 Å². The molecule has 0 saturated carbocycles. The molecule has 0 heterocycles. The lowest BCUT2D eigenvalue weighted by molar-refractivity contribution is -0.135. The molecule has 0 aliphatic rings. The fourth-order valence-electron chi connectivity index (χ4n) is 3.19. The lowest BCUT2D eigenvalue weighted by atomic mass is 10.0. The lowest BCUT2D eigenvalue weighted by Gasteiger charge is -2.03. The van der Waals surface area contributed by atoms with Gasteiger partial charge < -0.3 is 0 Å². The third kappa shape index (κ3) is 17.7. The first-order valence-electron chi connectivity index (χ1n) is 10.7. The Morgan fingerprint density at radius 2 is 0.792 bits per heavy atom. The molecule has 142 valence electrons. The molecular weight excluding hydrogens is 296 g/mol. The van der Waals surface area contributed by atoms with Crippen molar-refractivity contribution in [2.24, 2.45) is 0 Å². The van der Waals surface area contributed by atoms with Crippen LogP contribution >= 0.6 is 0 Å². The Labute approximate surface area is 151 Å². The molecule has 24 heavy (non-hydrogen) atoms. The summed E-state index contributed by atoms with van der Waals surface area (Å²) in [7, 11) is 0. The molecule has 0 aromatic heterocycles. The molecule has 0 saturated heterocycles. The molecule has 0 aromatic carbocycles. The molecule has 0 bridgehead atoms. The van der Waals surface area contributed by atoms with E-state index in [0.717, 1.165) is 12.8 Å².